The molecule has 272 valence electrons. The van der Waals surface area contributed by atoms with Gasteiger partial charge in [-0.15, -0.1) is 0 Å². The van der Waals surface area contributed by atoms with E-state index in [4.69, 9.17) is 4.98 Å². The van der Waals surface area contributed by atoms with Crippen molar-refractivity contribution in [3.63, 3.8) is 0 Å². The maximum Gasteiger partial charge on any atom is 0.119 e. The highest BCUT2D eigenvalue weighted by Gasteiger charge is 2.31. The normalized spacial score (nSPS) is 16.3. The zero-order valence-electron chi connectivity index (χ0n) is 32.2. The number of rotatable bonds is 7. The van der Waals surface area contributed by atoms with Crippen LogP contribution < -0.4 is 5.32 Å². The maximum atomic E-state index is 5.02. The lowest BCUT2D eigenvalue weighted by Gasteiger charge is -2.15. The minimum atomic E-state index is 0.257. The number of anilines is 1. The number of hydrogen-bond donors (Lipinski definition) is 1. The molecule has 0 bridgehead atoms. The second-order valence-corrected chi connectivity index (χ2v) is 16.0. The van der Waals surface area contributed by atoms with E-state index in [0.717, 1.165) is 31.6 Å². The number of aryl methyl sites for hydroxylation is 3. The van der Waals surface area contributed by atoms with Crippen molar-refractivity contribution in [1.29, 1.82) is 0 Å². The maximum absolute atomic E-state index is 5.02. The third kappa shape index (κ3) is 5.09. The molecule has 0 radical (unpaired) electrons. The summed E-state index contributed by atoms with van der Waals surface area (Å²) < 4.78 is 4.88. The average Bonchev–Trinajstić information content (AvgIpc) is 3.98. The van der Waals surface area contributed by atoms with Gasteiger partial charge in [-0.05, 0) is 122 Å². The molecule has 4 heterocycles. The van der Waals surface area contributed by atoms with Gasteiger partial charge in [0.05, 0.1) is 16.7 Å². The van der Waals surface area contributed by atoms with Gasteiger partial charge in [-0.25, -0.2) is 0 Å². The van der Waals surface area contributed by atoms with E-state index in [1.54, 1.807) is 0 Å². The van der Waals surface area contributed by atoms with Crippen molar-refractivity contribution < 1.29 is 0 Å². The Kier molecular flexibility index (Phi) is 7.57. The number of benzene rings is 5. The Labute approximate surface area is 328 Å². The minimum absolute atomic E-state index is 0.257. The Morgan fingerprint density at radius 3 is 2.21 bits per heavy atom. The minimum Gasteiger partial charge on any atom is -0.367 e. The Bertz CT molecular complexity index is 2920. The van der Waals surface area contributed by atoms with Gasteiger partial charge in [0.15, 0.2) is 0 Å². The number of hydrogen-bond acceptors (Lipinski definition) is 2. The van der Waals surface area contributed by atoms with Gasteiger partial charge >= 0.3 is 0 Å². The number of nitrogens with one attached hydrogen (secondary N) is 1. The molecular formula is C52H44N4. The highest BCUT2D eigenvalue weighted by molar-refractivity contribution is 6.01. The third-order valence-electron chi connectivity index (χ3n) is 12.6. The fourth-order valence-electron chi connectivity index (χ4n) is 9.76. The van der Waals surface area contributed by atoms with E-state index in [1.165, 1.54) is 100 Å². The fraction of sp³-hybridized carbons (Fsp3) is 0.173. The summed E-state index contributed by atoms with van der Waals surface area (Å²) >= 11 is 0. The van der Waals surface area contributed by atoms with Crippen LogP contribution in [0.1, 0.15) is 76.4 Å². The van der Waals surface area contributed by atoms with Gasteiger partial charge in [0.2, 0.25) is 0 Å². The van der Waals surface area contributed by atoms with Crippen LogP contribution in [0.25, 0.3) is 67.6 Å². The van der Waals surface area contributed by atoms with Gasteiger partial charge in [0.1, 0.15) is 5.82 Å². The first kappa shape index (κ1) is 33.0. The topological polar surface area (TPSA) is 34.8 Å². The van der Waals surface area contributed by atoms with Crippen LogP contribution >= 0.6 is 0 Å². The molecule has 8 aromatic rings. The number of fused-ring (bicyclic) bond motifs is 9. The largest absolute Gasteiger partial charge is 0.367 e. The molecule has 0 amide bonds. The highest BCUT2D eigenvalue weighted by atomic mass is 15.1. The summed E-state index contributed by atoms with van der Waals surface area (Å²) in [5, 5.41) is 6.29. The van der Waals surface area contributed by atoms with Crippen LogP contribution in [0.2, 0.25) is 0 Å². The van der Waals surface area contributed by atoms with Crippen LogP contribution in [-0.2, 0) is 6.42 Å². The first-order valence-electron chi connectivity index (χ1n) is 20.2. The van der Waals surface area contributed by atoms with Crippen LogP contribution in [0.4, 0.5) is 5.82 Å². The van der Waals surface area contributed by atoms with Crippen molar-refractivity contribution in [2.45, 2.75) is 51.9 Å². The van der Waals surface area contributed by atoms with Crippen LogP contribution in [0, 0.1) is 13.8 Å². The molecule has 2 atom stereocenters. The molecule has 0 spiro atoms. The molecule has 2 aliphatic carbocycles. The van der Waals surface area contributed by atoms with Gasteiger partial charge in [0.25, 0.3) is 0 Å². The van der Waals surface area contributed by atoms with Crippen LogP contribution in [0.3, 0.4) is 0 Å². The van der Waals surface area contributed by atoms with Crippen LogP contribution in [0.15, 0.2) is 134 Å². The smallest absolute Gasteiger partial charge is 0.119 e. The van der Waals surface area contributed by atoms with Gasteiger partial charge < -0.3 is 9.88 Å². The lowest BCUT2D eigenvalue weighted by atomic mass is 9.91. The van der Waals surface area contributed by atoms with Crippen LogP contribution in [-0.4, -0.2) is 20.7 Å². The summed E-state index contributed by atoms with van der Waals surface area (Å²) in [6, 6.07) is 43.4. The van der Waals surface area contributed by atoms with E-state index >= 15 is 0 Å². The molecule has 0 saturated heterocycles. The van der Waals surface area contributed by atoms with Crippen molar-refractivity contribution >= 4 is 39.8 Å². The van der Waals surface area contributed by atoms with Crippen molar-refractivity contribution in [1.82, 2.24) is 14.1 Å². The van der Waals surface area contributed by atoms with Crippen molar-refractivity contribution in [2.24, 2.45) is 0 Å². The number of pyridine rings is 1. The fourth-order valence-corrected chi connectivity index (χ4v) is 9.76. The van der Waals surface area contributed by atoms with Crippen molar-refractivity contribution in [3.8, 4) is 33.6 Å². The average molecular weight is 725 g/mol. The van der Waals surface area contributed by atoms with E-state index in [9.17, 15) is 0 Å². The molecule has 0 fully saturated rings. The molecule has 3 aliphatic rings. The van der Waals surface area contributed by atoms with Gasteiger partial charge in [-0.1, -0.05) is 97.0 Å². The predicted molar refractivity (Wildman–Crippen MR) is 234 cm³/mol. The third-order valence-corrected chi connectivity index (χ3v) is 12.6. The van der Waals surface area contributed by atoms with Crippen molar-refractivity contribution in [2.75, 3.05) is 11.9 Å². The number of allylic oxidation sites excluding steroid dienone is 1. The molecule has 4 nitrogen and oxygen atoms in total. The predicted octanol–water partition coefficient (Wildman–Crippen LogP) is 13.0. The van der Waals surface area contributed by atoms with E-state index < -0.39 is 0 Å². The Hall–Kier alpha value is -6.39. The van der Waals surface area contributed by atoms with Gasteiger partial charge in [-0.3, -0.25) is 9.55 Å². The number of aromatic nitrogens is 3. The summed E-state index contributed by atoms with van der Waals surface area (Å²) in [4.78, 5) is 5.02. The second-order valence-electron chi connectivity index (χ2n) is 16.0. The summed E-state index contributed by atoms with van der Waals surface area (Å²) in [6.07, 6.45) is 14.3. The molecule has 5 aromatic carbocycles. The highest BCUT2D eigenvalue weighted by Crippen LogP contribution is 2.48. The summed E-state index contributed by atoms with van der Waals surface area (Å²) in [6.45, 7) is 7.43. The van der Waals surface area contributed by atoms with Gasteiger partial charge in [0, 0.05) is 69.1 Å². The quantitative estimate of drug-likeness (QED) is 0.178. The number of nitrogens with zero attached hydrogens (tertiary/aromatic N) is 3. The van der Waals surface area contributed by atoms with E-state index in [2.05, 4.69) is 175 Å². The van der Waals surface area contributed by atoms with Gasteiger partial charge in [-0.2, -0.15) is 0 Å². The second kappa shape index (κ2) is 12.8. The first-order chi connectivity index (χ1) is 27.5. The molecule has 0 saturated carbocycles. The molecule has 1 N–H and O–H groups in total. The van der Waals surface area contributed by atoms with Crippen molar-refractivity contribution in [3.05, 3.63) is 178 Å². The van der Waals surface area contributed by atoms with E-state index in [1.807, 2.05) is 6.20 Å². The van der Waals surface area contributed by atoms with E-state index in [0.29, 0.717) is 5.92 Å². The summed E-state index contributed by atoms with van der Waals surface area (Å²) in [7, 11) is 0. The Morgan fingerprint density at radius 2 is 1.41 bits per heavy atom. The standard InChI is InChI=1S/C52H44N4/c1-4-35-15-24-43-46-29-34(14-25-48(46)55(51(35)43)38-18-9-32(2)10-19-38)13-22-42-40-23-16-36(30-45(40)41-7-5-27-53-50(41)42)37-17-26-49-47(31-37)44-8-6-28-54-52(44)56(49)39-20-11-33(3)12-21-39/h5-12,14-21,23-27,29-31,35,42,54H,4,13,22,28H2,1-3H3. The summed E-state index contributed by atoms with van der Waals surface area (Å²) in [5.41, 5.74) is 20.6. The molecule has 56 heavy (non-hydrogen) atoms. The lowest BCUT2D eigenvalue weighted by molar-refractivity contribution is 0.711. The molecule has 2 unspecified atom stereocenters. The Balaban J connectivity index is 0.934. The van der Waals surface area contributed by atoms with E-state index in [-0.39, 0.29) is 5.92 Å². The first-order valence-corrected chi connectivity index (χ1v) is 20.2. The zero-order valence-corrected chi connectivity index (χ0v) is 32.2. The summed E-state index contributed by atoms with van der Waals surface area (Å²) in [5.74, 6) is 1.85. The molecule has 1 aliphatic heterocycles. The Morgan fingerprint density at radius 1 is 0.696 bits per heavy atom. The SMILES string of the molecule is CCC1C=Cc2c1n(-c1ccc(C)cc1)c1ccc(CCC3c4ccc(-c5ccc6c(c5)c5c(n6-c6ccc(C)cc6)NCC=C5)cc4-c4cccnc43)cc21. The zero-order chi connectivity index (χ0) is 37.5. The molecule has 3 aromatic heterocycles. The lowest BCUT2D eigenvalue weighted by Crippen LogP contribution is -2.08. The molecular weight excluding hydrogens is 681 g/mol. The van der Waals surface area contributed by atoms with Crippen LogP contribution in [0.5, 0.6) is 0 Å². The monoisotopic (exact) mass is 724 g/mol. The molecule has 4 heteroatoms. The molecule has 11 rings (SSSR count).